The maximum atomic E-state index is 12.0. The van der Waals surface area contributed by atoms with E-state index in [2.05, 4.69) is 62.4 Å². The Hall–Kier alpha value is -3.41. The van der Waals surface area contributed by atoms with E-state index < -0.39 is 6.10 Å². The highest BCUT2D eigenvalue weighted by Gasteiger charge is 2.23. The van der Waals surface area contributed by atoms with Crippen molar-refractivity contribution in [1.82, 2.24) is 0 Å². The SMILES string of the molecule is CCCc1ccc2c(c1)C(OCCOc1ccc(CC(OC)C(=O)OCC)cc1)c1ccc(C)cc1C=C2. The van der Waals surface area contributed by atoms with Gasteiger partial charge in [-0.15, -0.1) is 0 Å². The van der Waals surface area contributed by atoms with Crippen LogP contribution in [0.3, 0.4) is 0 Å². The number of esters is 1. The fourth-order valence-corrected chi connectivity index (χ4v) is 4.81. The van der Waals surface area contributed by atoms with Gasteiger partial charge in [-0.3, -0.25) is 0 Å². The van der Waals surface area contributed by atoms with Crippen molar-refractivity contribution < 1.29 is 23.7 Å². The third-order valence-corrected chi connectivity index (χ3v) is 6.75. The van der Waals surface area contributed by atoms with Crippen LogP contribution in [-0.4, -0.2) is 39.0 Å². The van der Waals surface area contributed by atoms with Crippen LogP contribution in [0.25, 0.3) is 12.2 Å². The van der Waals surface area contributed by atoms with E-state index in [1.165, 1.54) is 40.5 Å². The third kappa shape index (κ3) is 6.91. The predicted molar refractivity (Wildman–Crippen MR) is 151 cm³/mol. The molecule has 3 aromatic carbocycles. The molecule has 0 heterocycles. The van der Waals surface area contributed by atoms with Gasteiger partial charge in [0.15, 0.2) is 6.10 Å². The van der Waals surface area contributed by atoms with Crippen molar-refractivity contribution in [2.75, 3.05) is 26.9 Å². The molecule has 4 rings (SSSR count). The summed E-state index contributed by atoms with van der Waals surface area (Å²) in [4.78, 5) is 12.0. The smallest absolute Gasteiger partial charge is 0.335 e. The summed E-state index contributed by atoms with van der Waals surface area (Å²) in [5.41, 5.74) is 8.31. The van der Waals surface area contributed by atoms with Crippen LogP contribution in [0.5, 0.6) is 5.75 Å². The predicted octanol–water partition coefficient (Wildman–Crippen LogP) is 6.74. The first-order valence-electron chi connectivity index (χ1n) is 13.5. The van der Waals surface area contributed by atoms with E-state index in [9.17, 15) is 4.79 Å². The maximum Gasteiger partial charge on any atom is 0.335 e. The summed E-state index contributed by atoms with van der Waals surface area (Å²) in [7, 11) is 1.52. The van der Waals surface area contributed by atoms with Gasteiger partial charge in [-0.2, -0.15) is 0 Å². The molecule has 0 aromatic heterocycles. The molecule has 2 unspecified atom stereocenters. The second-order valence-electron chi connectivity index (χ2n) is 9.60. The Morgan fingerprint density at radius 3 is 2.37 bits per heavy atom. The molecular weight excluding hydrogens is 476 g/mol. The van der Waals surface area contributed by atoms with Crippen molar-refractivity contribution in [2.24, 2.45) is 0 Å². The van der Waals surface area contributed by atoms with Crippen LogP contribution in [0, 0.1) is 6.92 Å². The van der Waals surface area contributed by atoms with E-state index >= 15 is 0 Å². The minimum absolute atomic E-state index is 0.160. The fraction of sp³-hybridized carbons (Fsp3) is 0.364. The Kier molecular flexibility index (Phi) is 9.74. The summed E-state index contributed by atoms with van der Waals surface area (Å²) in [5.74, 6) is 0.410. The summed E-state index contributed by atoms with van der Waals surface area (Å²) in [5, 5.41) is 0. The summed E-state index contributed by atoms with van der Waals surface area (Å²) >= 11 is 0. The molecule has 5 nitrogen and oxygen atoms in total. The largest absolute Gasteiger partial charge is 0.491 e. The normalized spacial score (nSPS) is 14.8. The molecule has 0 N–H and O–H groups in total. The zero-order chi connectivity index (χ0) is 26.9. The van der Waals surface area contributed by atoms with Gasteiger partial charge in [-0.25, -0.2) is 4.79 Å². The summed E-state index contributed by atoms with van der Waals surface area (Å²) in [6.07, 6.45) is 6.22. The van der Waals surface area contributed by atoms with E-state index in [0.29, 0.717) is 26.2 Å². The van der Waals surface area contributed by atoms with Crippen LogP contribution >= 0.6 is 0 Å². The third-order valence-electron chi connectivity index (χ3n) is 6.75. The maximum absolute atomic E-state index is 12.0. The quantitative estimate of drug-likeness (QED) is 0.198. The number of ether oxygens (including phenoxy) is 4. The number of benzene rings is 3. The van der Waals surface area contributed by atoms with Gasteiger partial charge in [0.25, 0.3) is 0 Å². The molecule has 2 atom stereocenters. The van der Waals surface area contributed by atoms with Gasteiger partial charge in [0.1, 0.15) is 18.5 Å². The van der Waals surface area contributed by atoms with Crippen molar-refractivity contribution in [1.29, 1.82) is 0 Å². The van der Waals surface area contributed by atoms with Crippen molar-refractivity contribution in [3.05, 3.63) is 99.6 Å². The molecule has 38 heavy (non-hydrogen) atoms. The highest BCUT2D eigenvalue weighted by molar-refractivity contribution is 5.77. The Morgan fingerprint density at radius 1 is 0.868 bits per heavy atom. The van der Waals surface area contributed by atoms with E-state index in [1.807, 2.05) is 24.3 Å². The molecule has 3 aromatic rings. The lowest BCUT2D eigenvalue weighted by Crippen LogP contribution is -2.27. The molecule has 0 saturated carbocycles. The molecule has 0 bridgehead atoms. The number of carbonyl (C=O) groups excluding carboxylic acids is 1. The zero-order valence-electron chi connectivity index (χ0n) is 22.9. The molecule has 0 radical (unpaired) electrons. The molecular formula is C33H38O5. The van der Waals surface area contributed by atoms with Crippen LogP contribution in [-0.2, 0) is 31.8 Å². The molecule has 0 amide bonds. The number of carbonyl (C=O) groups is 1. The average Bonchev–Trinajstić information content (AvgIpc) is 3.07. The van der Waals surface area contributed by atoms with E-state index in [1.54, 1.807) is 6.92 Å². The summed E-state index contributed by atoms with van der Waals surface area (Å²) in [6.45, 7) is 7.32. The van der Waals surface area contributed by atoms with Gasteiger partial charge in [0.05, 0.1) is 13.2 Å². The van der Waals surface area contributed by atoms with E-state index in [-0.39, 0.29) is 12.1 Å². The lowest BCUT2D eigenvalue weighted by Gasteiger charge is -2.22. The van der Waals surface area contributed by atoms with Gasteiger partial charge in [0, 0.05) is 13.5 Å². The number of hydrogen-bond acceptors (Lipinski definition) is 5. The molecule has 0 aliphatic heterocycles. The summed E-state index contributed by atoms with van der Waals surface area (Å²) in [6, 6.07) is 21.0. The first-order chi connectivity index (χ1) is 18.5. The Balaban J connectivity index is 1.41. The number of methoxy groups -OCH3 is 1. The van der Waals surface area contributed by atoms with Gasteiger partial charge in [-0.05, 0) is 65.8 Å². The van der Waals surface area contributed by atoms with Crippen LogP contribution in [0.4, 0.5) is 0 Å². The van der Waals surface area contributed by atoms with Gasteiger partial charge < -0.3 is 18.9 Å². The van der Waals surface area contributed by atoms with Gasteiger partial charge in [0.2, 0.25) is 0 Å². The Bertz CT molecular complexity index is 1240. The van der Waals surface area contributed by atoms with Crippen LogP contribution < -0.4 is 4.74 Å². The second-order valence-corrected chi connectivity index (χ2v) is 9.60. The molecule has 1 aliphatic rings. The zero-order valence-corrected chi connectivity index (χ0v) is 22.9. The molecule has 1 aliphatic carbocycles. The molecule has 0 spiro atoms. The minimum atomic E-state index is -0.614. The van der Waals surface area contributed by atoms with Crippen LogP contribution in [0.15, 0.2) is 60.7 Å². The highest BCUT2D eigenvalue weighted by Crippen LogP contribution is 2.36. The van der Waals surface area contributed by atoms with Gasteiger partial charge >= 0.3 is 5.97 Å². The molecule has 0 saturated heterocycles. The average molecular weight is 515 g/mol. The standard InChI is InChI=1S/C33H38O5/c1-5-7-24-9-12-26-13-14-27-20-23(3)8-17-29(27)32(30(26)21-24)38-19-18-37-28-15-10-25(11-16-28)22-31(35-4)33(34)36-6-2/h8-17,20-21,31-32H,5-7,18-19,22H2,1-4H3. The molecule has 5 heteroatoms. The monoisotopic (exact) mass is 514 g/mol. The highest BCUT2D eigenvalue weighted by atomic mass is 16.6. The van der Waals surface area contributed by atoms with Crippen molar-refractivity contribution in [2.45, 2.75) is 52.2 Å². The fourth-order valence-electron chi connectivity index (χ4n) is 4.81. The van der Waals surface area contributed by atoms with E-state index in [0.717, 1.165) is 24.2 Å². The first-order valence-corrected chi connectivity index (χ1v) is 13.5. The lowest BCUT2D eigenvalue weighted by molar-refractivity contribution is -0.154. The molecule has 200 valence electrons. The minimum Gasteiger partial charge on any atom is -0.491 e. The van der Waals surface area contributed by atoms with Crippen molar-refractivity contribution >= 4 is 18.1 Å². The topological polar surface area (TPSA) is 54.0 Å². The Labute approximate surface area is 226 Å². The van der Waals surface area contributed by atoms with Crippen molar-refractivity contribution in [3.63, 3.8) is 0 Å². The van der Waals surface area contributed by atoms with Crippen LogP contribution in [0.1, 0.15) is 65.3 Å². The van der Waals surface area contributed by atoms with E-state index in [4.69, 9.17) is 18.9 Å². The van der Waals surface area contributed by atoms with Crippen LogP contribution in [0.2, 0.25) is 0 Å². The van der Waals surface area contributed by atoms with Gasteiger partial charge in [-0.1, -0.05) is 79.6 Å². The first kappa shape index (κ1) is 27.6. The Morgan fingerprint density at radius 2 is 1.63 bits per heavy atom. The number of aryl methyl sites for hydroxylation is 2. The van der Waals surface area contributed by atoms with Crippen molar-refractivity contribution in [3.8, 4) is 5.75 Å². The number of hydrogen-bond donors (Lipinski definition) is 0. The number of fused-ring (bicyclic) bond motifs is 2. The molecule has 0 fully saturated rings. The summed E-state index contributed by atoms with van der Waals surface area (Å²) < 4.78 is 22.9. The number of rotatable bonds is 12. The lowest BCUT2D eigenvalue weighted by atomic mass is 9.93. The second kappa shape index (κ2) is 13.4.